The lowest BCUT2D eigenvalue weighted by Gasteiger charge is -2.16. The number of amides is 2. The van der Waals surface area contributed by atoms with Gasteiger partial charge in [-0.1, -0.05) is 11.6 Å². The van der Waals surface area contributed by atoms with E-state index in [-0.39, 0.29) is 0 Å². The molecule has 0 bridgehead atoms. The van der Waals surface area contributed by atoms with Gasteiger partial charge in [0.15, 0.2) is 5.84 Å². The number of carbonyl (C=O) groups is 1. The topological polar surface area (TPSA) is 65.3 Å². The Hall–Kier alpha value is -0.970. The minimum absolute atomic E-state index is 0.579. The van der Waals surface area contributed by atoms with E-state index in [2.05, 4.69) is 4.99 Å². The molecule has 1 aliphatic rings. The molecule has 1 heterocycles. The highest BCUT2D eigenvalue weighted by molar-refractivity contribution is 6.45. The monoisotopic (exact) mass is 163 g/mol. The summed E-state index contributed by atoms with van der Waals surface area (Å²) in [5, 5.41) is 6.15. The average Bonchev–Trinajstić information content (AvgIpc) is 1.81. The van der Waals surface area contributed by atoms with Crippen molar-refractivity contribution < 1.29 is 9.18 Å². The van der Waals surface area contributed by atoms with Crippen LogP contribution < -0.4 is 5.32 Å². The van der Waals surface area contributed by atoms with Crippen LogP contribution in [0.3, 0.4) is 0 Å². The molecule has 0 aromatic heterocycles. The van der Waals surface area contributed by atoms with Crippen LogP contribution in [0.4, 0.5) is 9.18 Å². The summed E-state index contributed by atoms with van der Waals surface area (Å²) in [6.07, 6.45) is 0.579. The van der Waals surface area contributed by atoms with Crippen molar-refractivity contribution in [2.45, 2.75) is 5.13 Å². The van der Waals surface area contributed by atoms with Crippen molar-refractivity contribution in [2.24, 2.45) is 4.99 Å². The van der Waals surface area contributed by atoms with Crippen molar-refractivity contribution in [3.8, 4) is 0 Å². The number of nitrogens with zero attached hydrogens (tertiary/aromatic N) is 1. The normalized spacial score (nSPS) is 32.2. The second-order valence-electron chi connectivity index (χ2n) is 1.69. The Labute approximate surface area is 60.6 Å². The molecular formula is C4H3ClFN3O. The van der Waals surface area contributed by atoms with Crippen molar-refractivity contribution in [3.05, 3.63) is 0 Å². The lowest BCUT2D eigenvalue weighted by atomic mass is 10.3. The van der Waals surface area contributed by atoms with E-state index in [9.17, 15) is 9.18 Å². The van der Waals surface area contributed by atoms with Crippen LogP contribution in [0.5, 0.6) is 0 Å². The molecule has 2 amide bonds. The zero-order chi connectivity index (χ0) is 7.78. The Bertz CT molecular complexity index is 225. The Morgan fingerprint density at radius 3 is 2.90 bits per heavy atom. The predicted molar refractivity (Wildman–Crippen MR) is 34.4 cm³/mol. The third kappa shape index (κ3) is 1.13. The summed E-state index contributed by atoms with van der Waals surface area (Å²) < 4.78 is 12.6. The molecule has 1 atom stereocenters. The third-order valence-corrected chi connectivity index (χ3v) is 1.20. The molecule has 0 aliphatic carbocycles. The summed E-state index contributed by atoms with van der Waals surface area (Å²) in [6.45, 7) is 0. The van der Waals surface area contributed by atoms with Crippen molar-refractivity contribution in [3.63, 3.8) is 0 Å². The maximum absolute atomic E-state index is 12.6. The van der Waals surface area contributed by atoms with Crippen LogP contribution >= 0.6 is 11.6 Å². The molecule has 0 radical (unpaired) electrons. The highest BCUT2D eigenvalue weighted by atomic mass is 35.5. The van der Waals surface area contributed by atoms with Crippen LogP contribution in [0, 0.1) is 5.41 Å². The third-order valence-electron chi connectivity index (χ3n) is 0.909. The van der Waals surface area contributed by atoms with E-state index in [0.717, 1.165) is 0 Å². The van der Waals surface area contributed by atoms with E-state index < -0.39 is 17.0 Å². The summed E-state index contributed by atoms with van der Waals surface area (Å²) >= 11 is 5.03. The summed E-state index contributed by atoms with van der Waals surface area (Å²) in [4.78, 5) is 13.3. The Balaban J connectivity index is 2.93. The quantitative estimate of drug-likeness (QED) is 0.507. The molecule has 1 aliphatic heterocycles. The molecule has 0 spiro atoms. The zero-order valence-electron chi connectivity index (χ0n) is 4.69. The van der Waals surface area contributed by atoms with Gasteiger partial charge in [-0.25, -0.2) is 14.2 Å². The molecule has 0 aromatic rings. The van der Waals surface area contributed by atoms with E-state index in [4.69, 9.17) is 17.0 Å². The van der Waals surface area contributed by atoms with Gasteiger partial charge in [-0.2, -0.15) is 0 Å². The number of hydrogen-bond acceptors (Lipinski definition) is 2. The molecular weight excluding hydrogens is 161 g/mol. The standard InChI is InChI=1S/C4H3ClFN3O/c5-4(6)1-8-3(10)9-2(4)7/h1H,(H2,7,9,10). The summed E-state index contributed by atoms with van der Waals surface area (Å²) in [6, 6.07) is -0.779. The number of urea groups is 1. The maximum Gasteiger partial charge on any atom is 0.346 e. The summed E-state index contributed by atoms with van der Waals surface area (Å²) in [5.74, 6) is -0.700. The van der Waals surface area contributed by atoms with Gasteiger partial charge in [-0.15, -0.1) is 0 Å². The van der Waals surface area contributed by atoms with E-state index in [1.807, 2.05) is 5.32 Å². The Kier molecular flexibility index (Phi) is 1.44. The maximum atomic E-state index is 12.6. The molecule has 6 heteroatoms. The molecule has 0 fully saturated rings. The van der Waals surface area contributed by atoms with Gasteiger partial charge >= 0.3 is 6.03 Å². The molecule has 10 heavy (non-hydrogen) atoms. The van der Waals surface area contributed by atoms with Gasteiger partial charge in [0.25, 0.3) is 5.13 Å². The highest BCUT2D eigenvalue weighted by Gasteiger charge is 2.34. The number of halogens is 2. The number of aliphatic imine (C=N–C) groups is 1. The van der Waals surface area contributed by atoms with Crippen LogP contribution in [-0.4, -0.2) is 23.2 Å². The first-order chi connectivity index (χ1) is 4.52. The highest BCUT2D eigenvalue weighted by Crippen LogP contribution is 2.16. The minimum Gasteiger partial charge on any atom is -0.290 e. The largest absolute Gasteiger partial charge is 0.346 e. The number of rotatable bonds is 0. The van der Waals surface area contributed by atoms with Gasteiger partial charge in [0.2, 0.25) is 0 Å². The molecule has 4 nitrogen and oxygen atoms in total. The second-order valence-corrected chi connectivity index (χ2v) is 2.24. The van der Waals surface area contributed by atoms with Gasteiger partial charge in [-0.3, -0.25) is 10.7 Å². The molecule has 1 unspecified atom stereocenters. The number of hydrogen-bond donors (Lipinski definition) is 2. The van der Waals surface area contributed by atoms with Crippen LogP contribution in [0.2, 0.25) is 0 Å². The van der Waals surface area contributed by atoms with Crippen molar-refractivity contribution in [1.29, 1.82) is 5.41 Å². The summed E-state index contributed by atoms with van der Waals surface area (Å²) in [7, 11) is 0. The van der Waals surface area contributed by atoms with Gasteiger partial charge in [-0.05, 0) is 0 Å². The predicted octanol–water partition coefficient (Wildman–Crippen LogP) is 0.662. The van der Waals surface area contributed by atoms with Gasteiger partial charge in [0.1, 0.15) is 0 Å². The first kappa shape index (κ1) is 7.14. The van der Waals surface area contributed by atoms with Crippen molar-refractivity contribution in [1.82, 2.24) is 5.32 Å². The molecule has 0 saturated heterocycles. The Morgan fingerprint density at radius 2 is 2.50 bits per heavy atom. The first-order valence-corrected chi connectivity index (χ1v) is 2.73. The number of amidine groups is 1. The molecule has 2 N–H and O–H groups in total. The van der Waals surface area contributed by atoms with Crippen LogP contribution in [0.25, 0.3) is 0 Å². The fourth-order valence-corrected chi connectivity index (χ4v) is 0.523. The van der Waals surface area contributed by atoms with E-state index in [0.29, 0.717) is 6.21 Å². The van der Waals surface area contributed by atoms with Gasteiger partial charge in [0.05, 0.1) is 6.21 Å². The number of nitrogens with one attached hydrogen (secondary N) is 2. The Morgan fingerprint density at radius 1 is 1.90 bits per heavy atom. The van der Waals surface area contributed by atoms with Gasteiger partial charge in [0, 0.05) is 0 Å². The van der Waals surface area contributed by atoms with Gasteiger partial charge < -0.3 is 0 Å². The smallest absolute Gasteiger partial charge is 0.290 e. The van der Waals surface area contributed by atoms with Crippen LogP contribution in [-0.2, 0) is 0 Å². The summed E-state index contributed by atoms with van der Waals surface area (Å²) in [5.41, 5.74) is 0. The van der Waals surface area contributed by atoms with Crippen LogP contribution in [0.15, 0.2) is 4.99 Å². The molecule has 1 rings (SSSR count). The van der Waals surface area contributed by atoms with E-state index in [1.165, 1.54) is 0 Å². The fourth-order valence-electron chi connectivity index (χ4n) is 0.427. The minimum atomic E-state index is -2.45. The van der Waals surface area contributed by atoms with E-state index in [1.54, 1.807) is 0 Å². The van der Waals surface area contributed by atoms with E-state index >= 15 is 0 Å². The number of carbonyl (C=O) groups excluding carboxylic acids is 1. The fraction of sp³-hybridized carbons (Fsp3) is 0.250. The number of alkyl halides is 2. The lowest BCUT2D eigenvalue weighted by molar-refractivity contribution is 0.251. The zero-order valence-corrected chi connectivity index (χ0v) is 5.44. The van der Waals surface area contributed by atoms with Crippen LogP contribution in [0.1, 0.15) is 0 Å². The average molecular weight is 164 g/mol. The molecule has 0 saturated carbocycles. The molecule has 54 valence electrons. The van der Waals surface area contributed by atoms with Crippen molar-refractivity contribution in [2.75, 3.05) is 0 Å². The van der Waals surface area contributed by atoms with Crippen molar-refractivity contribution >= 4 is 29.7 Å². The first-order valence-electron chi connectivity index (χ1n) is 2.35. The lowest BCUT2D eigenvalue weighted by Crippen LogP contribution is -2.45. The SMILES string of the molecule is N=C1NC(=O)N=CC1(F)Cl. The second kappa shape index (κ2) is 2.02. The molecule has 0 aromatic carbocycles.